The highest BCUT2D eigenvalue weighted by atomic mass is 16.5. The zero-order chi connectivity index (χ0) is 30.0. The molecule has 3 aromatic carbocycles. The van der Waals surface area contributed by atoms with Gasteiger partial charge in [0.2, 0.25) is 5.91 Å². The molecule has 5 aromatic rings. The number of hydrogen-bond donors (Lipinski definition) is 3. The van der Waals surface area contributed by atoms with E-state index < -0.39 is 0 Å². The summed E-state index contributed by atoms with van der Waals surface area (Å²) in [6.45, 7) is 12.9. The Hall–Kier alpha value is -4.20. The maximum atomic E-state index is 12.2. The summed E-state index contributed by atoms with van der Waals surface area (Å²) < 4.78 is 11.7. The first-order chi connectivity index (χ1) is 20.0. The maximum absolute atomic E-state index is 12.2. The van der Waals surface area contributed by atoms with Crippen molar-refractivity contribution < 1.29 is 13.7 Å². The fourth-order valence-corrected chi connectivity index (χ4v) is 5.42. The van der Waals surface area contributed by atoms with E-state index in [0.29, 0.717) is 19.5 Å². The second-order valence-corrected chi connectivity index (χ2v) is 12.0. The summed E-state index contributed by atoms with van der Waals surface area (Å²) in [6.07, 6.45) is 0.567. The first kappa shape index (κ1) is 29.3. The Balaban J connectivity index is 1.39. The number of hydrogen-bond acceptors (Lipinski definition) is 6. The number of nitrogens with two attached hydrogens (primary N) is 1. The lowest BCUT2D eigenvalue weighted by Crippen LogP contribution is -2.42. The van der Waals surface area contributed by atoms with E-state index in [1.807, 2.05) is 32.9 Å². The predicted molar refractivity (Wildman–Crippen MR) is 167 cm³/mol. The average molecular weight is 565 g/mol. The van der Waals surface area contributed by atoms with Gasteiger partial charge in [0, 0.05) is 42.9 Å². The van der Waals surface area contributed by atoms with Crippen LogP contribution in [0.1, 0.15) is 71.8 Å². The van der Waals surface area contributed by atoms with Gasteiger partial charge in [0.25, 0.3) is 0 Å². The van der Waals surface area contributed by atoms with Gasteiger partial charge < -0.3 is 25.3 Å². The third kappa shape index (κ3) is 6.81. The van der Waals surface area contributed by atoms with Gasteiger partial charge >= 0.3 is 0 Å². The molecule has 5 rings (SSSR count). The molecule has 1 unspecified atom stereocenters. The van der Waals surface area contributed by atoms with Gasteiger partial charge in [-0.3, -0.25) is 4.79 Å². The van der Waals surface area contributed by atoms with E-state index in [1.54, 1.807) is 6.92 Å². The van der Waals surface area contributed by atoms with Crippen molar-refractivity contribution >= 4 is 16.9 Å². The monoisotopic (exact) mass is 564 g/mol. The molecule has 1 atom stereocenters. The van der Waals surface area contributed by atoms with Crippen LogP contribution in [0.5, 0.6) is 0 Å². The highest BCUT2D eigenvalue weighted by Gasteiger charge is 2.20. The third-order valence-electron chi connectivity index (χ3n) is 7.50. The molecule has 7 heteroatoms. The largest absolute Gasteiger partial charge is 0.461 e. The van der Waals surface area contributed by atoms with Crippen LogP contribution in [-0.4, -0.2) is 23.1 Å². The summed E-state index contributed by atoms with van der Waals surface area (Å²) in [5.41, 5.74) is 15.3. The molecule has 0 bridgehead atoms. The summed E-state index contributed by atoms with van der Waals surface area (Å²) in [6, 6.07) is 22.8. The fourth-order valence-electron chi connectivity index (χ4n) is 5.42. The highest BCUT2D eigenvalue weighted by Crippen LogP contribution is 2.31. The SMILES string of the molecule is CC(=O)NC(c1ccc(-c2ccc(C)cc2C)cc1)c1ccc2oc(Cc3c(CNCC(C)(C)N)noc3C)cc2c1. The maximum Gasteiger partial charge on any atom is 0.217 e. The third-order valence-corrected chi connectivity index (χ3v) is 7.50. The number of benzene rings is 3. The Bertz CT molecular complexity index is 1710. The predicted octanol–water partition coefficient (Wildman–Crippen LogP) is 6.66. The van der Waals surface area contributed by atoms with Crippen molar-refractivity contribution in [3.8, 4) is 11.1 Å². The van der Waals surface area contributed by atoms with Crippen LogP contribution in [0.4, 0.5) is 0 Å². The lowest BCUT2D eigenvalue weighted by Gasteiger charge is -2.20. The smallest absolute Gasteiger partial charge is 0.217 e. The van der Waals surface area contributed by atoms with Crippen molar-refractivity contribution in [2.45, 2.75) is 66.1 Å². The number of rotatable bonds is 10. The number of aromatic nitrogens is 1. The standard InChI is InChI=1S/C35H40N4O3/c1-21-7-13-30(22(2)15-21)25-8-10-26(11-9-25)34(38-24(4)40)27-12-14-33-28(16-27)17-29(41-33)18-31-23(3)42-39-32(31)19-37-20-35(5,6)36/h7-17,34,37H,18-20,36H2,1-6H3,(H,38,40). The van der Waals surface area contributed by atoms with E-state index in [2.05, 4.69) is 84.2 Å². The van der Waals surface area contributed by atoms with E-state index in [-0.39, 0.29) is 17.5 Å². The van der Waals surface area contributed by atoms with Gasteiger partial charge in [-0.05, 0) is 80.6 Å². The number of aryl methyl sites for hydroxylation is 3. The molecule has 7 nitrogen and oxygen atoms in total. The minimum Gasteiger partial charge on any atom is -0.461 e. The molecule has 2 heterocycles. The van der Waals surface area contributed by atoms with Crippen molar-refractivity contribution in [2.75, 3.05) is 6.54 Å². The summed E-state index contributed by atoms with van der Waals surface area (Å²) >= 11 is 0. The normalized spacial score (nSPS) is 12.5. The quantitative estimate of drug-likeness (QED) is 0.175. The van der Waals surface area contributed by atoms with E-state index >= 15 is 0 Å². The zero-order valence-corrected chi connectivity index (χ0v) is 25.3. The number of carbonyl (C=O) groups is 1. The average Bonchev–Trinajstić information content (AvgIpc) is 3.49. The van der Waals surface area contributed by atoms with Crippen LogP contribution in [0.25, 0.3) is 22.1 Å². The number of amides is 1. The van der Waals surface area contributed by atoms with Crippen LogP contribution in [0.15, 0.2) is 75.7 Å². The molecular weight excluding hydrogens is 524 g/mol. The van der Waals surface area contributed by atoms with Gasteiger partial charge in [0.15, 0.2) is 0 Å². The summed E-state index contributed by atoms with van der Waals surface area (Å²) in [5.74, 6) is 1.51. The Morgan fingerprint density at radius 2 is 1.71 bits per heavy atom. The van der Waals surface area contributed by atoms with Gasteiger partial charge in [-0.2, -0.15) is 0 Å². The molecule has 0 fully saturated rings. The van der Waals surface area contributed by atoms with E-state index in [0.717, 1.165) is 50.4 Å². The number of nitrogens with zero attached hydrogens (tertiary/aromatic N) is 1. The molecule has 0 aliphatic carbocycles. The molecular formula is C35H40N4O3. The van der Waals surface area contributed by atoms with Crippen LogP contribution in [0.3, 0.4) is 0 Å². The first-order valence-corrected chi connectivity index (χ1v) is 14.4. The van der Waals surface area contributed by atoms with E-state index in [9.17, 15) is 4.79 Å². The zero-order valence-electron chi connectivity index (χ0n) is 25.3. The summed E-state index contributed by atoms with van der Waals surface area (Å²) in [4.78, 5) is 12.2. The first-order valence-electron chi connectivity index (χ1n) is 14.4. The Morgan fingerprint density at radius 3 is 2.40 bits per heavy atom. The molecule has 0 spiro atoms. The molecule has 42 heavy (non-hydrogen) atoms. The highest BCUT2D eigenvalue weighted by molar-refractivity contribution is 5.80. The molecule has 0 aliphatic heterocycles. The summed E-state index contributed by atoms with van der Waals surface area (Å²) in [5, 5.41) is 11.7. The molecule has 1 amide bonds. The Kier molecular flexibility index (Phi) is 8.34. The van der Waals surface area contributed by atoms with Gasteiger partial charge in [-0.15, -0.1) is 0 Å². The number of nitrogens with one attached hydrogen (secondary N) is 2. The lowest BCUT2D eigenvalue weighted by molar-refractivity contribution is -0.119. The van der Waals surface area contributed by atoms with Crippen molar-refractivity contribution in [3.63, 3.8) is 0 Å². The molecule has 218 valence electrons. The van der Waals surface area contributed by atoms with Crippen molar-refractivity contribution in [1.29, 1.82) is 0 Å². The summed E-state index contributed by atoms with van der Waals surface area (Å²) in [7, 11) is 0. The van der Waals surface area contributed by atoms with Crippen LogP contribution in [0.2, 0.25) is 0 Å². The molecule has 0 saturated carbocycles. The minimum absolute atomic E-state index is 0.0893. The van der Waals surface area contributed by atoms with Gasteiger partial charge in [-0.1, -0.05) is 59.3 Å². The molecule has 2 aromatic heterocycles. The Labute approximate surface area is 247 Å². The van der Waals surface area contributed by atoms with Gasteiger partial charge in [0.1, 0.15) is 22.8 Å². The van der Waals surface area contributed by atoms with Crippen LogP contribution >= 0.6 is 0 Å². The fraction of sp³-hybridized carbons (Fsp3) is 0.314. The van der Waals surface area contributed by atoms with E-state index in [1.165, 1.54) is 16.7 Å². The number of furan rings is 1. The molecule has 4 N–H and O–H groups in total. The van der Waals surface area contributed by atoms with Gasteiger partial charge in [0.05, 0.1) is 6.04 Å². The second-order valence-electron chi connectivity index (χ2n) is 12.0. The number of fused-ring (bicyclic) bond motifs is 1. The minimum atomic E-state index is -0.313. The lowest BCUT2D eigenvalue weighted by atomic mass is 9.94. The Morgan fingerprint density at radius 1 is 0.976 bits per heavy atom. The van der Waals surface area contributed by atoms with E-state index in [4.69, 9.17) is 14.7 Å². The van der Waals surface area contributed by atoms with Crippen molar-refractivity contribution in [1.82, 2.24) is 15.8 Å². The van der Waals surface area contributed by atoms with Gasteiger partial charge in [-0.25, -0.2) is 0 Å². The second kappa shape index (κ2) is 12.0. The van der Waals surface area contributed by atoms with Crippen molar-refractivity contribution in [3.05, 3.63) is 112 Å². The topological polar surface area (TPSA) is 106 Å². The number of carbonyl (C=O) groups excluding carboxylic acids is 1. The molecule has 0 radical (unpaired) electrons. The van der Waals surface area contributed by atoms with Crippen LogP contribution in [-0.2, 0) is 17.8 Å². The molecule has 0 saturated heterocycles. The molecule has 0 aliphatic rings. The van der Waals surface area contributed by atoms with Crippen LogP contribution in [0, 0.1) is 20.8 Å². The van der Waals surface area contributed by atoms with Crippen molar-refractivity contribution in [2.24, 2.45) is 5.73 Å². The van der Waals surface area contributed by atoms with Crippen LogP contribution < -0.4 is 16.4 Å².